The number of hydrogen-bond donors (Lipinski definition) is 0. The number of benzene rings is 1. The number of rotatable bonds is 5. The van der Waals surface area contributed by atoms with Gasteiger partial charge in [0, 0.05) is 4.47 Å². The molecule has 5 heteroatoms. The third-order valence-electron chi connectivity index (χ3n) is 2.94. The van der Waals surface area contributed by atoms with Crippen molar-refractivity contribution in [2.75, 3.05) is 6.61 Å². The average Bonchev–Trinajstić information content (AvgIpc) is 2.78. The fourth-order valence-electron chi connectivity index (χ4n) is 2.08. The Hall–Kier alpha value is -0.940. The van der Waals surface area contributed by atoms with Crippen LogP contribution in [0.2, 0.25) is 0 Å². The topological polar surface area (TPSA) is 39.2 Å². The fourth-order valence-corrected chi connectivity index (χ4v) is 3.70. The fraction of sp³-hybridized carbons (Fsp3) is 0.467. The van der Waals surface area contributed by atoms with E-state index in [1.165, 1.54) is 0 Å². The van der Waals surface area contributed by atoms with Crippen molar-refractivity contribution in [1.29, 1.82) is 0 Å². The summed E-state index contributed by atoms with van der Waals surface area (Å²) >= 11 is 5.03. The molecule has 0 aliphatic rings. The number of halogens is 1. The Morgan fingerprint density at radius 2 is 2.20 bits per heavy atom. The molecule has 0 spiro atoms. The average molecular weight is 356 g/mol. The summed E-state index contributed by atoms with van der Waals surface area (Å²) in [6.45, 7) is 6.45. The Labute approximate surface area is 131 Å². The Kier molecular flexibility index (Phi) is 5.16. The third-order valence-corrected chi connectivity index (χ3v) is 4.57. The third kappa shape index (κ3) is 3.58. The smallest absolute Gasteiger partial charge is 0.315 e. The first-order valence-electron chi connectivity index (χ1n) is 6.74. The van der Waals surface area contributed by atoms with E-state index in [2.05, 4.69) is 34.8 Å². The molecule has 1 unspecified atom stereocenters. The molecule has 2 rings (SSSR count). The molecule has 3 nitrogen and oxygen atoms in total. The maximum atomic E-state index is 12.2. The minimum absolute atomic E-state index is 0.167. The van der Waals surface area contributed by atoms with Crippen LogP contribution < -0.4 is 0 Å². The number of aromatic nitrogens is 1. The molecule has 0 amide bonds. The van der Waals surface area contributed by atoms with Crippen molar-refractivity contribution in [2.24, 2.45) is 5.92 Å². The highest BCUT2D eigenvalue weighted by Gasteiger charge is 2.26. The van der Waals surface area contributed by atoms with E-state index in [9.17, 15) is 4.79 Å². The first-order valence-corrected chi connectivity index (χ1v) is 8.34. The van der Waals surface area contributed by atoms with Gasteiger partial charge in [-0.05, 0) is 37.5 Å². The van der Waals surface area contributed by atoms with Gasteiger partial charge in [-0.2, -0.15) is 0 Å². The molecular weight excluding hydrogens is 338 g/mol. The van der Waals surface area contributed by atoms with E-state index in [0.29, 0.717) is 12.5 Å². The Bertz CT molecular complexity index is 609. The lowest BCUT2D eigenvalue weighted by Crippen LogP contribution is -2.17. The minimum Gasteiger partial charge on any atom is -0.465 e. The highest BCUT2D eigenvalue weighted by Crippen LogP contribution is 2.33. The molecule has 20 heavy (non-hydrogen) atoms. The van der Waals surface area contributed by atoms with Gasteiger partial charge < -0.3 is 4.74 Å². The molecule has 1 heterocycles. The van der Waals surface area contributed by atoms with Crippen LogP contribution in [0.25, 0.3) is 10.2 Å². The van der Waals surface area contributed by atoms with Crippen molar-refractivity contribution in [3.05, 3.63) is 27.7 Å². The summed E-state index contributed by atoms with van der Waals surface area (Å²) in [5.74, 6) is -0.00592. The van der Waals surface area contributed by atoms with Gasteiger partial charge in [-0.15, -0.1) is 11.3 Å². The largest absolute Gasteiger partial charge is 0.465 e. The standard InChI is InChI=1S/C15H18BrNO2S/c1-4-19-15(18)11(7-9(2)3)14-17-12-6-5-10(16)8-13(12)20-14/h5-6,8-9,11H,4,7H2,1-3H3. The lowest BCUT2D eigenvalue weighted by Gasteiger charge is -2.14. The monoisotopic (exact) mass is 355 g/mol. The van der Waals surface area contributed by atoms with Crippen molar-refractivity contribution < 1.29 is 9.53 Å². The number of esters is 1. The molecule has 0 saturated heterocycles. The van der Waals surface area contributed by atoms with Gasteiger partial charge in [0.05, 0.1) is 16.8 Å². The summed E-state index contributed by atoms with van der Waals surface area (Å²) in [5, 5.41) is 0.852. The summed E-state index contributed by atoms with van der Waals surface area (Å²) in [4.78, 5) is 16.8. The molecule has 0 saturated carbocycles. The van der Waals surface area contributed by atoms with E-state index in [0.717, 1.165) is 26.1 Å². The minimum atomic E-state index is -0.258. The lowest BCUT2D eigenvalue weighted by molar-refractivity contribution is -0.145. The van der Waals surface area contributed by atoms with E-state index in [1.54, 1.807) is 11.3 Å². The molecule has 1 aromatic heterocycles. The highest BCUT2D eigenvalue weighted by molar-refractivity contribution is 9.10. The first-order chi connectivity index (χ1) is 9.51. The second-order valence-corrected chi connectivity index (χ2v) is 7.08. The summed E-state index contributed by atoms with van der Waals surface area (Å²) in [6.07, 6.45) is 0.764. The summed E-state index contributed by atoms with van der Waals surface area (Å²) in [6, 6.07) is 5.97. The van der Waals surface area contributed by atoms with Gasteiger partial charge in [-0.3, -0.25) is 4.79 Å². The number of hydrogen-bond acceptors (Lipinski definition) is 4. The van der Waals surface area contributed by atoms with Crippen LogP contribution in [-0.4, -0.2) is 17.6 Å². The van der Waals surface area contributed by atoms with Crippen LogP contribution in [0.1, 0.15) is 38.1 Å². The van der Waals surface area contributed by atoms with Crippen LogP contribution in [0.5, 0.6) is 0 Å². The van der Waals surface area contributed by atoms with E-state index in [-0.39, 0.29) is 11.9 Å². The van der Waals surface area contributed by atoms with Crippen LogP contribution in [-0.2, 0) is 9.53 Å². The lowest BCUT2D eigenvalue weighted by atomic mass is 9.98. The second kappa shape index (κ2) is 6.68. The number of carbonyl (C=O) groups is 1. The predicted octanol–water partition coefficient (Wildman–Crippen LogP) is 4.75. The molecule has 0 fully saturated rings. The summed E-state index contributed by atoms with van der Waals surface area (Å²) < 4.78 is 7.31. The van der Waals surface area contributed by atoms with Crippen molar-refractivity contribution in [1.82, 2.24) is 4.98 Å². The van der Waals surface area contributed by atoms with Gasteiger partial charge >= 0.3 is 5.97 Å². The summed E-state index contributed by atoms with van der Waals surface area (Å²) in [7, 11) is 0. The van der Waals surface area contributed by atoms with Gasteiger partial charge in [-0.1, -0.05) is 29.8 Å². The maximum Gasteiger partial charge on any atom is 0.315 e. The second-order valence-electron chi connectivity index (χ2n) is 5.10. The van der Waals surface area contributed by atoms with E-state index in [4.69, 9.17) is 4.74 Å². The van der Waals surface area contributed by atoms with Crippen molar-refractivity contribution in [3.63, 3.8) is 0 Å². The molecule has 1 aromatic carbocycles. The Morgan fingerprint density at radius 3 is 2.85 bits per heavy atom. The van der Waals surface area contributed by atoms with Crippen LogP contribution in [0.3, 0.4) is 0 Å². The van der Waals surface area contributed by atoms with Crippen LogP contribution in [0.4, 0.5) is 0 Å². The zero-order valence-electron chi connectivity index (χ0n) is 11.9. The molecule has 0 aliphatic heterocycles. The highest BCUT2D eigenvalue weighted by atomic mass is 79.9. The molecule has 0 bridgehead atoms. The van der Waals surface area contributed by atoms with E-state index >= 15 is 0 Å². The molecule has 2 aromatic rings. The molecule has 108 valence electrons. The Morgan fingerprint density at radius 1 is 1.45 bits per heavy atom. The van der Waals surface area contributed by atoms with Gasteiger partial charge in [0.2, 0.25) is 0 Å². The zero-order valence-corrected chi connectivity index (χ0v) is 14.3. The number of fused-ring (bicyclic) bond motifs is 1. The van der Waals surface area contributed by atoms with Gasteiger partial charge in [0.15, 0.2) is 0 Å². The van der Waals surface area contributed by atoms with Crippen LogP contribution in [0, 0.1) is 5.92 Å². The SMILES string of the molecule is CCOC(=O)C(CC(C)C)c1nc2ccc(Br)cc2s1. The van der Waals surface area contributed by atoms with Crippen molar-refractivity contribution in [2.45, 2.75) is 33.1 Å². The van der Waals surface area contributed by atoms with E-state index < -0.39 is 0 Å². The quantitative estimate of drug-likeness (QED) is 0.726. The molecule has 1 atom stereocenters. The van der Waals surface area contributed by atoms with Crippen molar-refractivity contribution in [3.8, 4) is 0 Å². The number of carbonyl (C=O) groups excluding carboxylic acids is 1. The molecule has 0 aliphatic carbocycles. The number of thiazole rings is 1. The molecule has 0 radical (unpaired) electrons. The first kappa shape index (κ1) is 15.4. The van der Waals surface area contributed by atoms with Crippen LogP contribution >= 0.6 is 27.3 Å². The van der Waals surface area contributed by atoms with Gasteiger partial charge in [-0.25, -0.2) is 4.98 Å². The molecular formula is C15H18BrNO2S. The molecule has 0 N–H and O–H groups in total. The maximum absolute atomic E-state index is 12.2. The zero-order chi connectivity index (χ0) is 14.7. The van der Waals surface area contributed by atoms with Gasteiger partial charge in [0.1, 0.15) is 10.9 Å². The normalized spacial score (nSPS) is 12.8. The predicted molar refractivity (Wildman–Crippen MR) is 86.1 cm³/mol. The van der Waals surface area contributed by atoms with Gasteiger partial charge in [0.25, 0.3) is 0 Å². The number of ether oxygens (including phenoxy) is 1. The Balaban J connectivity index is 2.36. The van der Waals surface area contributed by atoms with E-state index in [1.807, 2.05) is 25.1 Å². The summed E-state index contributed by atoms with van der Waals surface area (Å²) in [5.41, 5.74) is 0.936. The van der Waals surface area contributed by atoms with Crippen molar-refractivity contribution >= 4 is 43.5 Å². The number of nitrogens with zero attached hydrogens (tertiary/aromatic N) is 1. The van der Waals surface area contributed by atoms with Crippen LogP contribution in [0.15, 0.2) is 22.7 Å².